The molecule has 1 unspecified atom stereocenters. The Hall–Kier alpha value is -2.70. The fourth-order valence-corrected chi connectivity index (χ4v) is 7.22. The largest absolute Gasteiger partial charge is 0.462 e. The van der Waals surface area contributed by atoms with Crippen LogP contribution in [-0.2, 0) is 35.5 Å². The van der Waals surface area contributed by atoms with Gasteiger partial charge in [0.25, 0.3) is 5.91 Å². The lowest BCUT2D eigenvalue weighted by Crippen LogP contribution is -2.25. The zero-order valence-electron chi connectivity index (χ0n) is 22.6. The van der Waals surface area contributed by atoms with E-state index in [0.29, 0.717) is 33.0 Å². The van der Waals surface area contributed by atoms with Crippen molar-refractivity contribution in [2.75, 3.05) is 11.9 Å². The molecule has 0 bridgehead atoms. The van der Waals surface area contributed by atoms with Crippen LogP contribution in [0.3, 0.4) is 0 Å². The summed E-state index contributed by atoms with van der Waals surface area (Å²) in [5, 5.41) is 17.2. The van der Waals surface area contributed by atoms with Gasteiger partial charge in [-0.05, 0) is 63.0 Å². The number of rotatable bonds is 12. The number of thiophene rings is 2. The van der Waals surface area contributed by atoms with Gasteiger partial charge in [0.05, 0.1) is 28.8 Å². The molecule has 4 rings (SSSR count). The van der Waals surface area contributed by atoms with E-state index in [1.807, 2.05) is 22.9 Å². The molecule has 1 atom stereocenters. The molecule has 0 spiro atoms. The maximum Gasteiger partial charge on any atom is 0.341 e. The van der Waals surface area contributed by atoms with Gasteiger partial charge in [0, 0.05) is 11.4 Å². The van der Waals surface area contributed by atoms with Crippen LogP contribution in [0.15, 0.2) is 22.7 Å². The average Bonchev–Trinajstić information content (AvgIpc) is 3.63. The maximum absolute atomic E-state index is 13.3. The monoisotopic (exact) mass is 589 g/mol. The van der Waals surface area contributed by atoms with Gasteiger partial charge in [-0.25, -0.2) is 4.79 Å². The van der Waals surface area contributed by atoms with Crippen LogP contribution in [0, 0.1) is 0 Å². The van der Waals surface area contributed by atoms with Crippen LogP contribution in [-0.4, -0.2) is 44.4 Å². The summed E-state index contributed by atoms with van der Waals surface area (Å²) in [4.78, 5) is 40.4. The summed E-state index contributed by atoms with van der Waals surface area (Å²) in [7, 11) is 0. The second kappa shape index (κ2) is 14.1. The molecule has 210 valence electrons. The number of esters is 1. The molecular weight excluding hydrogens is 555 g/mol. The Labute approximate surface area is 241 Å². The number of carbonyl (C=O) groups is 3. The third kappa shape index (κ3) is 7.29. The molecule has 1 aliphatic rings. The lowest BCUT2D eigenvalue weighted by Gasteiger charge is -2.14. The van der Waals surface area contributed by atoms with E-state index in [1.165, 1.54) is 39.3 Å². The van der Waals surface area contributed by atoms with Crippen LogP contribution in [0.2, 0.25) is 0 Å². The first-order chi connectivity index (χ1) is 18.9. The predicted octanol–water partition coefficient (Wildman–Crippen LogP) is 5.70. The molecule has 0 saturated carbocycles. The first-order valence-corrected chi connectivity index (χ1v) is 16.0. The van der Waals surface area contributed by atoms with Gasteiger partial charge in [-0.15, -0.1) is 32.9 Å². The summed E-state index contributed by atoms with van der Waals surface area (Å²) in [5.74, 6) is -0.0839. The van der Waals surface area contributed by atoms with E-state index >= 15 is 0 Å². The van der Waals surface area contributed by atoms with Crippen molar-refractivity contribution in [1.29, 1.82) is 0 Å². The molecule has 2 amide bonds. The molecule has 12 heteroatoms. The van der Waals surface area contributed by atoms with E-state index in [1.54, 1.807) is 13.0 Å². The quantitative estimate of drug-likeness (QED) is 0.158. The Morgan fingerprint density at radius 3 is 2.74 bits per heavy atom. The minimum absolute atomic E-state index is 0.149. The molecule has 3 aromatic rings. The van der Waals surface area contributed by atoms with Gasteiger partial charge in [0.15, 0.2) is 11.0 Å². The Kier molecular flexibility index (Phi) is 10.6. The molecule has 3 heterocycles. The number of amides is 2. The Morgan fingerprint density at radius 2 is 2.00 bits per heavy atom. The molecule has 3 aromatic heterocycles. The van der Waals surface area contributed by atoms with Crippen LogP contribution in [0.4, 0.5) is 5.00 Å². The standard InChI is InChI=1S/C27H35N5O4S3/c1-4-6-14-32-21(16-28-24(34)20-13-10-15-37-20)30-31-27(32)38-17(3)23(33)29-25-22(26(35)36-5-2)18-11-8-7-9-12-19(18)39-25/h10,13,15,17H,4-9,11-12,14,16H2,1-3H3,(H,28,34)(H,29,33). The lowest BCUT2D eigenvalue weighted by molar-refractivity contribution is -0.115. The van der Waals surface area contributed by atoms with Crippen LogP contribution in [0.1, 0.15) is 89.2 Å². The van der Waals surface area contributed by atoms with E-state index in [0.717, 1.165) is 50.5 Å². The van der Waals surface area contributed by atoms with Crippen molar-refractivity contribution in [2.45, 2.75) is 89.2 Å². The number of hydrogen-bond acceptors (Lipinski definition) is 9. The molecule has 39 heavy (non-hydrogen) atoms. The Morgan fingerprint density at radius 1 is 1.18 bits per heavy atom. The summed E-state index contributed by atoms with van der Waals surface area (Å²) in [6.45, 7) is 6.94. The Balaban J connectivity index is 1.47. The number of nitrogens with one attached hydrogen (secondary N) is 2. The highest BCUT2D eigenvalue weighted by Gasteiger charge is 2.28. The third-order valence-electron chi connectivity index (χ3n) is 6.47. The molecule has 0 aliphatic heterocycles. The number of nitrogens with zero attached hydrogens (tertiary/aromatic N) is 3. The molecule has 0 radical (unpaired) electrons. The van der Waals surface area contributed by atoms with Crippen molar-refractivity contribution in [2.24, 2.45) is 0 Å². The van der Waals surface area contributed by atoms with Crippen LogP contribution >= 0.6 is 34.4 Å². The van der Waals surface area contributed by atoms with E-state index in [2.05, 4.69) is 27.8 Å². The van der Waals surface area contributed by atoms with Crippen LogP contribution in [0.25, 0.3) is 0 Å². The number of hydrogen-bond donors (Lipinski definition) is 2. The Bertz CT molecular complexity index is 1280. The van der Waals surface area contributed by atoms with Crippen molar-refractivity contribution in [3.63, 3.8) is 0 Å². The van der Waals surface area contributed by atoms with E-state index in [9.17, 15) is 14.4 Å². The highest BCUT2D eigenvalue weighted by atomic mass is 32.2. The second-order valence-electron chi connectivity index (χ2n) is 9.30. The number of fused-ring (bicyclic) bond motifs is 1. The van der Waals surface area contributed by atoms with Gasteiger partial charge in [0.1, 0.15) is 5.00 Å². The van der Waals surface area contributed by atoms with Crippen molar-refractivity contribution < 1.29 is 19.1 Å². The van der Waals surface area contributed by atoms with Crippen LogP contribution in [0.5, 0.6) is 0 Å². The van der Waals surface area contributed by atoms with Gasteiger partial charge < -0.3 is 19.9 Å². The fourth-order valence-electron chi connectivity index (χ4n) is 4.41. The molecule has 9 nitrogen and oxygen atoms in total. The minimum atomic E-state index is -0.486. The number of thioether (sulfide) groups is 1. The van der Waals surface area contributed by atoms with Crippen LogP contribution < -0.4 is 10.6 Å². The second-order valence-corrected chi connectivity index (χ2v) is 12.7. The predicted molar refractivity (Wildman–Crippen MR) is 156 cm³/mol. The van der Waals surface area contributed by atoms with Gasteiger partial charge >= 0.3 is 5.97 Å². The molecular formula is C27H35N5O4S3. The average molecular weight is 590 g/mol. The van der Waals surface area contributed by atoms with Crippen molar-refractivity contribution in [3.8, 4) is 0 Å². The highest BCUT2D eigenvalue weighted by molar-refractivity contribution is 8.00. The summed E-state index contributed by atoms with van der Waals surface area (Å²) < 4.78 is 7.33. The van der Waals surface area contributed by atoms with Gasteiger partial charge in [-0.1, -0.05) is 37.6 Å². The molecule has 1 aliphatic carbocycles. The number of anilines is 1. The first kappa shape index (κ1) is 29.3. The van der Waals surface area contributed by atoms with E-state index in [4.69, 9.17) is 4.74 Å². The smallest absolute Gasteiger partial charge is 0.341 e. The normalized spacial score (nSPS) is 13.8. The van der Waals surface area contributed by atoms with Crippen molar-refractivity contribution in [3.05, 3.63) is 44.2 Å². The molecule has 0 aromatic carbocycles. The number of aryl methyl sites for hydroxylation is 1. The highest BCUT2D eigenvalue weighted by Crippen LogP contribution is 2.38. The fraction of sp³-hybridized carbons (Fsp3) is 0.519. The summed E-state index contributed by atoms with van der Waals surface area (Å²) >= 11 is 4.20. The van der Waals surface area contributed by atoms with E-state index < -0.39 is 5.25 Å². The van der Waals surface area contributed by atoms with Gasteiger partial charge in [0.2, 0.25) is 5.91 Å². The SMILES string of the molecule is CCCCn1c(CNC(=O)c2cccs2)nnc1SC(C)C(=O)Nc1sc2c(c1C(=O)OCC)CCCCC2. The molecule has 0 fully saturated rings. The lowest BCUT2D eigenvalue weighted by atomic mass is 10.1. The maximum atomic E-state index is 13.3. The van der Waals surface area contributed by atoms with Gasteiger partial charge in [-0.3, -0.25) is 9.59 Å². The van der Waals surface area contributed by atoms with Crippen molar-refractivity contribution in [1.82, 2.24) is 20.1 Å². The number of aromatic nitrogens is 3. The number of carbonyl (C=O) groups excluding carboxylic acids is 3. The molecule has 2 N–H and O–H groups in total. The summed E-state index contributed by atoms with van der Waals surface area (Å²) in [5.41, 5.74) is 1.54. The topological polar surface area (TPSA) is 115 Å². The first-order valence-electron chi connectivity index (χ1n) is 13.5. The van der Waals surface area contributed by atoms with Crippen molar-refractivity contribution >= 4 is 57.2 Å². The minimum Gasteiger partial charge on any atom is -0.462 e. The van der Waals surface area contributed by atoms with Gasteiger partial charge in [-0.2, -0.15) is 0 Å². The zero-order valence-corrected chi connectivity index (χ0v) is 25.0. The number of unbranched alkanes of at least 4 members (excludes halogenated alkanes) is 1. The zero-order chi connectivity index (χ0) is 27.8. The van der Waals surface area contributed by atoms with E-state index in [-0.39, 0.29) is 30.9 Å². The third-order valence-corrected chi connectivity index (χ3v) is 9.63. The summed E-state index contributed by atoms with van der Waals surface area (Å²) in [6.07, 6.45) is 6.89. The number of ether oxygens (including phenoxy) is 1. The molecule has 0 saturated heterocycles. The summed E-state index contributed by atoms with van der Waals surface area (Å²) in [6, 6.07) is 3.62.